The number of hydrogen-bond donors (Lipinski definition) is 2. The Balaban J connectivity index is 1.43. The van der Waals surface area contributed by atoms with Crippen LogP contribution in [0.2, 0.25) is 0 Å². The maximum atomic E-state index is 12.9. The molecule has 0 saturated heterocycles. The van der Waals surface area contributed by atoms with Crippen LogP contribution >= 0.6 is 0 Å². The van der Waals surface area contributed by atoms with Crippen LogP contribution in [0.3, 0.4) is 0 Å². The molecule has 2 aromatic rings. The van der Waals surface area contributed by atoms with E-state index in [9.17, 15) is 9.59 Å². The topological polar surface area (TPSA) is 66.9 Å². The number of nitrogens with one attached hydrogen (secondary N) is 2. The zero-order valence-electron chi connectivity index (χ0n) is 14.0. The molecule has 2 N–H and O–H groups in total. The first-order valence-electron chi connectivity index (χ1n) is 9.03. The summed E-state index contributed by atoms with van der Waals surface area (Å²) in [6, 6.07) is 5.47. The van der Waals surface area contributed by atoms with Crippen molar-refractivity contribution in [1.82, 2.24) is 14.9 Å². The molecule has 4 saturated carbocycles. The number of aromatic amines is 1. The highest BCUT2D eigenvalue weighted by atomic mass is 16.2. The lowest BCUT2D eigenvalue weighted by molar-refractivity contribution is -0.0167. The number of H-pyrrole nitrogens is 1. The summed E-state index contributed by atoms with van der Waals surface area (Å²) < 4.78 is 1.57. The van der Waals surface area contributed by atoms with E-state index in [4.69, 9.17) is 0 Å². The van der Waals surface area contributed by atoms with E-state index in [-0.39, 0.29) is 17.1 Å². The summed E-state index contributed by atoms with van der Waals surface area (Å²) in [6.45, 7) is 0. The Morgan fingerprint density at radius 2 is 1.79 bits per heavy atom. The Hall–Kier alpha value is -2.04. The van der Waals surface area contributed by atoms with Gasteiger partial charge in [-0.15, -0.1) is 0 Å². The smallest absolute Gasteiger partial charge is 0.326 e. The zero-order valence-corrected chi connectivity index (χ0v) is 14.0. The SMILES string of the molecule is Cn1c(=O)[nH]c2cc(C(=O)NC34CC5CC(CC(C5)C3)C4)ccc21. The molecule has 0 atom stereocenters. The zero-order chi connectivity index (χ0) is 16.5. The fourth-order valence-electron chi connectivity index (χ4n) is 5.96. The molecule has 4 fully saturated rings. The van der Waals surface area contributed by atoms with Crippen LogP contribution in [0, 0.1) is 17.8 Å². The summed E-state index contributed by atoms with van der Waals surface area (Å²) in [5, 5.41) is 3.39. The number of carbonyl (C=O) groups excluding carboxylic acids is 1. The average molecular weight is 325 g/mol. The number of hydrogen-bond acceptors (Lipinski definition) is 2. The van der Waals surface area contributed by atoms with Gasteiger partial charge in [-0.2, -0.15) is 0 Å². The standard InChI is InChI=1S/C19H23N3O2/c1-22-16-3-2-14(7-15(16)20-18(22)24)17(23)21-19-8-11-4-12(9-19)6-13(5-11)10-19/h2-3,7,11-13H,4-6,8-10H2,1H3,(H,20,24)(H,21,23). The van der Waals surface area contributed by atoms with Crippen LogP contribution in [0.4, 0.5) is 0 Å². The van der Waals surface area contributed by atoms with Crippen molar-refractivity contribution < 1.29 is 4.79 Å². The molecule has 4 bridgehead atoms. The Labute approximate surface area is 140 Å². The van der Waals surface area contributed by atoms with Gasteiger partial charge in [0.25, 0.3) is 5.91 Å². The molecule has 1 aromatic carbocycles. The van der Waals surface area contributed by atoms with Gasteiger partial charge in [-0.1, -0.05) is 0 Å². The van der Waals surface area contributed by atoms with Gasteiger partial charge in [0, 0.05) is 18.2 Å². The fraction of sp³-hybridized carbons (Fsp3) is 0.579. The molecule has 0 unspecified atom stereocenters. The van der Waals surface area contributed by atoms with Crippen molar-refractivity contribution >= 4 is 16.9 Å². The van der Waals surface area contributed by atoms with Crippen molar-refractivity contribution in [3.63, 3.8) is 0 Å². The molecule has 1 heterocycles. The number of imidazole rings is 1. The van der Waals surface area contributed by atoms with Crippen LogP contribution in [-0.2, 0) is 7.05 Å². The highest BCUT2D eigenvalue weighted by molar-refractivity contribution is 5.97. The van der Waals surface area contributed by atoms with Crippen LogP contribution in [0.15, 0.2) is 23.0 Å². The number of fused-ring (bicyclic) bond motifs is 1. The Morgan fingerprint density at radius 3 is 2.42 bits per heavy atom. The second-order valence-corrected chi connectivity index (χ2v) is 8.37. The summed E-state index contributed by atoms with van der Waals surface area (Å²) >= 11 is 0. The first kappa shape index (κ1) is 14.3. The summed E-state index contributed by atoms with van der Waals surface area (Å²) in [5.41, 5.74) is 2.06. The van der Waals surface area contributed by atoms with Crippen LogP contribution < -0.4 is 11.0 Å². The predicted molar refractivity (Wildman–Crippen MR) is 91.9 cm³/mol. The van der Waals surface area contributed by atoms with Gasteiger partial charge in [0.1, 0.15) is 0 Å². The van der Waals surface area contributed by atoms with E-state index in [0.717, 1.165) is 48.0 Å². The first-order valence-corrected chi connectivity index (χ1v) is 9.03. The van der Waals surface area contributed by atoms with Gasteiger partial charge < -0.3 is 10.3 Å². The predicted octanol–water partition coefficient (Wildman–Crippen LogP) is 2.57. The van der Waals surface area contributed by atoms with Gasteiger partial charge in [0.15, 0.2) is 0 Å². The molecule has 1 aromatic heterocycles. The van der Waals surface area contributed by atoms with Crippen LogP contribution in [0.5, 0.6) is 0 Å². The van der Waals surface area contributed by atoms with Crippen molar-refractivity contribution in [3.05, 3.63) is 34.2 Å². The van der Waals surface area contributed by atoms with Gasteiger partial charge in [-0.3, -0.25) is 9.36 Å². The van der Waals surface area contributed by atoms with E-state index >= 15 is 0 Å². The quantitative estimate of drug-likeness (QED) is 0.891. The second kappa shape index (κ2) is 4.74. The van der Waals surface area contributed by atoms with Gasteiger partial charge in [0.2, 0.25) is 0 Å². The highest BCUT2D eigenvalue weighted by Gasteiger charge is 2.51. The fourth-order valence-corrected chi connectivity index (χ4v) is 5.96. The molecule has 5 heteroatoms. The summed E-state index contributed by atoms with van der Waals surface area (Å²) in [7, 11) is 1.73. The van der Waals surface area contributed by atoms with E-state index in [2.05, 4.69) is 10.3 Å². The lowest BCUT2D eigenvalue weighted by atomic mass is 9.53. The lowest BCUT2D eigenvalue weighted by Crippen LogP contribution is -2.59. The molecule has 4 aliphatic rings. The molecule has 4 aliphatic carbocycles. The number of benzene rings is 1. The number of amides is 1. The third-order valence-corrected chi connectivity index (χ3v) is 6.58. The van der Waals surface area contributed by atoms with E-state index in [0.29, 0.717) is 5.56 Å². The van der Waals surface area contributed by atoms with Crippen molar-refractivity contribution in [2.24, 2.45) is 24.8 Å². The minimum atomic E-state index is -0.149. The minimum absolute atomic E-state index is 0.00329. The third kappa shape index (κ3) is 2.06. The number of aryl methyl sites for hydroxylation is 1. The molecular weight excluding hydrogens is 302 g/mol. The van der Waals surface area contributed by atoms with Crippen molar-refractivity contribution in [3.8, 4) is 0 Å². The first-order chi connectivity index (χ1) is 11.5. The summed E-state index contributed by atoms with van der Waals surface area (Å²) in [6.07, 6.45) is 7.55. The van der Waals surface area contributed by atoms with E-state index < -0.39 is 0 Å². The molecule has 5 nitrogen and oxygen atoms in total. The van der Waals surface area contributed by atoms with Crippen molar-refractivity contribution in [2.45, 2.75) is 44.1 Å². The van der Waals surface area contributed by atoms with E-state index in [1.807, 2.05) is 12.1 Å². The number of nitrogens with zero attached hydrogens (tertiary/aromatic N) is 1. The molecule has 1 amide bonds. The van der Waals surface area contributed by atoms with Crippen LogP contribution in [-0.4, -0.2) is 21.0 Å². The lowest BCUT2D eigenvalue weighted by Gasteiger charge is -2.56. The Morgan fingerprint density at radius 1 is 1.17 bits per heavy atom. The monoisotopic (exact) mass is 325 g/mol. The third-order valence-electron chi connectivity index (χ3n) is 6.58. The maximum Gasteiger partial charge on any atom is 0.326 e. The van der Waals surface area contributed by atoms with E-state index in [1.54, 1.807) is 17.7 Å². The largest absolute Gasteiger partial charge is 0.347 e. The molecule has 0 radical (unpaired) electrons. The van der Waals surface area contributed by atoms with E-state index in [1.165, 1.54) is 19.3 Å². The molecular formula is C19H23N3O2. The summed E-state index contributed by atoms with van der Waals surface area (Å²) in [4.78, 5) is 27.4. The average Bonchev–Trinajstić information content (AvgIpc) is 2.79. The van der Waals surface area contributed by atoms with Crippen molar-refractivity contribution in [1.29, 1.82) is 0 Å². The van der Waals surface area contributed by atoms with Gasteiger partial charge in [0.05, 0.1) is 11.0 Å². The maximum absolute atomic E-state index is 12.9. The van der Waals surface area contributed by atoms with Crippen molar-refractivity contribution in [2.75, 3.05) is 0 Å². The molecule has 0 spiro atoms. The van der Waals surface area contributed by atoms with Gasteiger partial charge in [-0.05, 0) is 74.5 Å². The van der Waals surface area contributed by atoms with Gasteiger partial charge >= 0.3 is 5.69 Å². The minimum Gasteiger partial charge on any atom is -0.347 e. The normalized spacial score (nSPS) is 34.0. The highest BCUT2D eigenvalue weighted by Crippen LogP contribution is 2.55. The number of aromatic nitrogens is 2. The molecule has 0 aliphatic heterocycles. The van der Waals surface area contributed by atoms with Gasteiger partial charge in [-0.25, -0.2) is 4.79 Å². The Kier molecular flexibility index (Phi) is 2.83. The Bertz CT molecular complexity index is 856. The molecule has 6 rings (SSSR count). The summed E-state index contributed by atoms with van der Waals surface area (Å²) in [5.74, 6) is 2.43. The van der Waals surface area contributed by atoms with Crippen LogP contribution in [0.25, 0.3) is 11.0 Å². The molecule has 126 valence electrons. The van der Waals surface area contributed by atoms with Crippen LogP contribution in [0.1, 0.15) is 48.9 Å². The number of rotatable bonds is 2. The number of carbonyl (C=O) groups is 1. The molecule has 24 heavy (non-hydrogen) atoms. The second-order valence-electron chi connectivity index (χ2n) is 8.37.